The number of aromatic carboxylic acids is 1. The number of carbonyl (C=O) groups is 2. The molecule has 1 unspecified atom stereocenters. The topological polar surface area (TPSA) is 93.1 Å². The molecule has 4 rings (SSSR count). The van der Waals surface area contributed by atoms with Crippen LogP contribution in [0.3, 0.4) is 0 Å². The largest absolute Gasteiger partial charge is 0.478 e. The number of carboxylic acids is 1. The van der Waals surface area contributed by atoms with Crippen LogP contribution in [0, 0.1) is 0 Å². The Morgan fingerprint density at radius 2 is 1.50 bits per heavy atom. The van der Waals surface area contributed by atoms with Crippen LogP contribution in [0.15, 0.2) is 60.7 Å². The summed E-state index contributed by atoms with van der Waals surface area (Å²) in [7, 11) is 2.10. The molecule has 1 heterocycles. The molecule has 0 radical (unpaired) electrons. The highest BCUT2D eigenvalue weighted by Gasteiger charge is 2.16. The number of likely N-dealkylation sites (N-methyl/N-ethyl adjacent to an activating group) is 1. The van der Waals surface area contributed by atoms with Gasteiger partial charge in [0.25, 0.3) is 5.91 Å². The molecule has 1 atom stereocenters. The Morgan fingerprint density at radius 1 is 0.875 bits per heavy atom. The number of benzene rings is 3. The van der Waals surface area contributed by atoms with E-state index in [4.69, 9.17) is 5.11 Å². The highest BCUT2D eigenvalue weighted by atomic mass is 16.4. The first-order valence-electron chi connectivity index (χ1n) is 10.6. The summed E-state index contributed by atoms with van der Waals surface area (Å²) in [5.41, 5.74) is 2.03. The van der Waals surface area contributed by atoms with Crippen molar-refractivity contribution >= 4 is 22.6 Å². The fourth-order valence-corrected chi connectivity index (χ4v) is 3.87. The number of carbonyl (C=O) groups excluding carboxylic acids is 1. The third-order valence-electron chi connectivity index (χ3n) is 5.97. The molecular formula is C25H27N3O4. The van der Waals surface area contributed by atoms with Crippen molar-refractivity contribution in [1.29, 1.82) is 0 Å². The Bertz CT molecular complexity index is 1120. The molecule has 7 heteroatoms. The number of hydrogen-bond donors (Lipinski definition) is 3. The molecule has 0 spiro atoms. The summed E-state index contributed by atoms with van der Waals surface area (Å²) in [4.78, 5) is 28.2. The molecule has 0 aliphatic carbocycles. The van der Waals surface area contributed by atoms with Crippen molar-refractivity contribution in [3.8, 4) is 0 Å². The van der Waals surface area contributed by atoms with Gasteiger partial charge in [0.15, 0.2) is 0 Å². The molecule has 1 saturated heterocycles. The fraction of sp³-hybridized carbons (Fsp3) is 0.280. The van der Waals surface area contributed by atoms with Gasteiger partial charge in [0.05, 0.1) is 12.2 Å². The van der Waals surface area contributed by atoms with Crippen molar-refractivity contribution in [2.75, 3.05) is 39.9 Å². The first kappa shape index (κ1) is 22.0. The van der Waals surface area contributed by atoms with E-state index in [1.54, 1.807) is 12.1 Å². The van der Waals surface area contributed by atoms with Crippen molar-refractivity contribution in [3.05, 3.63) is 82.9 Å². The van der Waals surface area contributed by atoms with Crippen molar-refractivity contribution in [3.63, 3.8) is 0 Å². The zero-order valence-electron chi connectivity index (χ0n) is 18.0. The maximum Gasteiger partial charge on any atom is 0.335 e. The summed E-state index contributed by atoms with van der Waals surface area (Å²) in [5.74, 6) is -1.13. The molecule has 1 aliphatic heterocycles. The second-order valence-electron chi connectivity index (χ2n) is 8.24. The van der Waals surface area contributed by atoms with E-state index in [0.717, 1.165) is 37.0 Å². The Balaban J connectivity index is 1.48. The minimum absolute atomic E-state index is 0.124. The van der Waals surface area contributed by atoms with Gasteiger partial charge in [-0.2, -0.15) is 0 Å². The lowest BCUT2D eigenvalue weighted by Crippen LogP contribution is -2.48. The quantitative estimate of drug-likeness (QED) is 0.553. The van der Waals surface area contributed by atoms with E-state index in [1.165, 1.54) is 12.1 Å². The maximum atomic E-state index is 12.7. The number of nitrogens with one attached hydrogen (secondary N) is 1. The molecule has 1 fully saturated rings. The number of piperazine rings is 1. The molecule has 3 aromatic carbocycles. The van der Waals surface area contributed by atoms with Crippen LogP contribution in [0.1, 0.15) is 37.9 Å². The van der Waals surface area contributed by atoms with Crippen LogP contribution >= 0.6 is 0 Å². The number of rotatable bonds is 6. The van der Waals surface area contributed by atoms with E-state index in [2.05, 4.69) is 22.2 Å². The second kappa shape index (κ2) is 9.48. The molecule has 32 heavy (non-hydrogen) atoms. The van der Waals surface area contributed by atoms with Crippen LogP contribution in [0.5, 0.6) is 0 Å². The third kappa shape index (κ3) is 4.96. The average molecular weight is 434 g/mol. The van der Waals surface area contributed by atoms with Gasteiger partial charge in [0.1, 0.15) is 6.10 Å². The number of carboxylic acid groups (broad SMARTS) is 1. The van der Waals surface area contributed by atoms with Crippen molar-refractivity contribution < 1.29 is 19.8 Å². The predicted octanol–water partition coefficient (Wildman–Crippen LogP) is 2.55. The van der Waals surface area contributed by atoms with E-state index in [0.29, 0.717) is 23.4 Å². The number of hydrogen-bond acceptors (Lipinski definition) is 5. The Morgan fingerprint density at radius 3 is 2.19 bits per heavy atom. The van der Waals surface area contributed by atoms with E-state index in [9.17, 15) is 14.7 Å². The second-order valence-corrected chi connectivity index (χ2v) is 8.24. The molecule has 1 aliphatic rings. The summed E-state index contributed by atoms with van der Waals surface area (Å²) in [6.45, 7) is 4.38. The minimum Gasteiger partial charge on any atom is -0.478 e. The lowest BCUT2D eigenvalue weighted by Gasteiger charge is -2.32. The SMILES string of the molecule is CN1CCN(CNC(=O)c2ccc3ccc(C(O)c4ccc(C(=O)O)cc4)cc3c2)CC1. The lowest BCUT2D eigenvalue weighted by atomic mass is 9.97. The third-order valence-corrected chi connectivity index (χ3v) is 5.97. The normalized spacial score (nSPS) is 16.1. The van der Waals surface area contributed by atoms with E-state index in [-0.39, 0.29) is 11.5 Å². The monoisotopic (exact) mass is 433 g/mol. The lowest BCUT2D eigenvalue weighted by molar-refractivity contribution is 0.0696. The highest BCUT2D eigenvalue weighted by molar-refractivity contribution is 5.98. The number of aliphatic hydroxyl groups excluding tert-OH is 1. The average Bonchev–Trinajstić information content (AvgIpc) is 2.82. The number of aliphatic hydroxyl groups is 1. The number of fused-ring (bicyclic) bond motifs is 1. The molecule has 0 aromatic heterocycles. The van der Waals surface area contributed by atoms with E-state index >= 15 is 0 Å². The standard InChI is InChI=1S/C25H27N3O4/c1-27-10-12-28(13-11-27)16-26-24(30)21-9-3-17-2-8-20(14-22(17)15-21)23(29)18-4-6-19(7-5-18)25(31)32/h2-9,14-15,23,29H,10-13,16H2,1H3,(H,26,30)(H,31,32). The molecular weight excluding hydrogens is 406 g/mol. The summed E-state index contributed by atoms with van der Waals surface area (Å²) in [6, 6.07) is 17.3. The van der Waals surface area contributed by atoms with Gasteiger partial charge in [-0.05, 0) is 59.3 Å². The Kier molecular flexibility index (Phi) is 6.50. The zero-order valence-corrected chi connectivity index (χ0v) is 18.0. The van der Waals surface area contributed by atoms with Gasteiger partial charge in [0.2, 0.25) is 0 Å². The molecule has 1 amide bonds. The first-order chi connectivity index (χ1) is 15.4. The summed E-state index contributed by atoms with van der Waals surface area (Å²) in [5, 5.41) is 24.6. The highest BCUT2D eigenvalue weighted by Crippen LogP contribution is 2.26. The molecule has 166 valence electrons. The first-order valence-corrected chi connectivity index (χ1v) is 10.6. The Hall–Kier alpha value is -3.26. The number of nitrogens with zero attached hydrogens (tertiary/aromatic N) is 2. The summed E-state index contributed by atoms with van der Waals surface area (Å²) >= 11 is 0. The van der Waals surface area contributed by atoms with Gasteiger partial charge in [-0.1, -0.05) is 30.3 Å². The Labute approximate surface area is 186 Å². The van der Waals surface area contributed by atoms with Crippen molar-refractivity contribution in [2.45, 2.75) is 6.10 Å². The fourth-order valence-electron chi connectivity index (χ4n) is 3.87. The predicted molar refractivity (Wildman–Crippen MR) is 123 cm³/mol. The van der Waals surface area contributed by atoms with Gasteiger partial charge in [-0.25, -0.2) is 4.79 Å². The molecule has 0 saturated carbocycles. The van der Waals surface area contributed by atoms with Crippen LogP contribution in [0.4, 0.5) is 0 Å². The van der Waals surface area contributed by atoms with Gasteiger partial charge in [-0.15, -0.1) is 0 Å². The van der Waals surface area contributed by atoms with Crippen molar-refractivity contribution in [1.82, 2.24) is 15.1 Å². The van der Waals surface area contributed by atoms with Gasteiger partial charge in [-0.3, -0.25) is 9.69 Å². The summed E-state index contributed by atoms with van der Waals surface area (Å²) in [6.07, 6.45) is -0.892. The van der Waals surface area contributed by atoms with Gasteiger partial charge < -0.3 is 20.4 Å². The van der Waals surface area contributed by atoms with Gasteiger partial charge in [0, 0.05) is 31.7 Å². The van der Waals surface area contributed by atoms with Crippen LogP contribution < -0.4 is 5.32 Å². The molecule has 0 bridgehead atoms. The maximum absolute atomic E-state index is 12.7. The smallest absolute Gasteiger partial charge is 0.335 e. The van der Waals surface area contributed by atoms with Gasteiger partial charge >= 0.3 is 5.97 Å². The number of amides is 1. The van der Waals surface area contributed by atoms with Crippen LogP contribution in [0.25, 0.3) is 10.8 Å². The molecule has 3 aromatic rings. The molecule has 3 N–H and O–H groups in total. The van der Waals surface area contributed by atoms with E-state index < -0.39 is 12.1 Å². The van der Waals surface area contributed by atoms with Crippen LogP contribution in [0.2, 0.25) is 0 Å². The van der Waals surface area contributed by atoms with Crippen LogP contribution in [-0.2, 0) is 0 Å². The van der Waals surface area contributed by atoms with E-state index in [1.807, 2.05) is 36.4 Å². The van der Waals surface area contributed by atoms with Crippen LogP contribution in [-0.4, -0.2) is 71.8 Å². The summed E-state index contributed by atoms with van der Waals surface area (Å²) < 4.78 is 0. The zero-order chi connectivity index (χ0) is 22.7. The molecule has 7 nitrogen and oxygen atoms in total. The minimum atomic E-state index is -1.00. The van der Waals surface area contributed by atoms with Crippen molar-refractivity contribution in [2.24, 2.45) is 0 Å².